The first-order chi connectivity index (χ1) is 10.4. The molecule has 0 N–H and O–H groups in total. The van der Waals surface area contributed by atoms with E-state index in [2.05, 4.69) is 0 Å². The first kappa shape index (κ1) is 15.1. The van der Waals surface area contributed by atoms with Gasteiger partial charge in [-0.3, -0.25) is 4.79 Å². The first-order valence-corrected chi connectivity index (χ1v) is 7.24. The molecular formula is C18H20O3. The van der Waals surface area contributed by atoms with Gasteiger partial charge in [-0.05, 0) is 55.7 Å². The molecule has 0 unspecified atom stereocenters. The number of para-hydroxylation sites is 1. The van der Waals surface area contributed by atoms with Crippen molar-refractivity contribution < 1.29 is 14.3 Å². The van der Waals surface area contributed by atoms with Crippen molar-refractivity contribution in [3.05, 3.63) is 60.2 Å². The number of aldehydes is 1. The second-order valence-electron chi connectivity index (χ2n) is 4.76. The molecule has 0 saturated carbocycles. The SMILES string of the molecule is O=Cc1ccc(OCCCCCOc2ccccc2)cc1. The first-order valence-electron chi connectivity index (χ1n) is 7.24. The number of ether oxygens (including phenoxy) is 2. The second-order valence-corrected chi connectivity index (χ2v) is 4.76. The number of carbonyl (C=O) groups is 1. The van der Waals surface area contributed by atoms with Gasteiger partial charge in [0.25, 0.3) is 0 Å². The molecule has 2 aromatic carbocycles. The van der Waals surface area contributed by atoms with Gasteiger partial charge < -0.3 is 9.47 Å². The van der Waals surface area contributed by atoms with E-state index < -0.39 is 0 Å². The van der Waals surface area contributed by atoms with Gasteiger partial charge in [-0.1, -0.05) is 18.2 Å². The Morgan fingerprint density at radius 3 is 1.86 bits per heavy atom. The Balaban J connectivity index is 1.52. The number of rotatable bonds is 9. The van der Waals surface area contributed by atoms with Gasteiger partial charge in [-0.2, -0.15) is 0 Å². The number of hydrogen-bond donors (Lipinski definition) is 0. The molecule has 0 atom stereocenters. The molecule has 0 spiro atoms. The van der Waals surface area contributed by atoms with Crippen LogP contribution in [0.5, 0.6) is 11.5 Å². The Kier molecular flexibility index (Phi) is 6.33. The summed E-state index contributed by atoms with van der Waals surface area (Å²) in [6, 6.07) is 17.0. The Hall–Kier alpha value is -2.29. The molecular weight excluding hydrogens is 264 g/mol. The Morgan fingerprint density at radius 1 is 0.714 bits per heavy atom. The number of carbonyl (C=O) groups excluding carboxylic acids is 1. The monoisotopic (exact) mass is 284 g/mol. The predicted molar refractivity (Wildman–Crippen MR) is 83.1 cm³/mol. The molecule has 3 heteroatoms. The lowest BCUT2D eigenvalue weighted by molar-refractivity contribution is 0.112. The van der Waals surface area contributed by atoms with Crippen LogP contribution in [-0.4, -0.2) is 19.5 Å². The van der Waals surface area contributed by atoms with E-state index in [-0.39, 0.29) is 0 Å². The summed E-state index contributed by atoms with van der Waals surface area (Å²) >= 11 is 0. The van der Waals surface area contributed by atoms with Gasteiger partial charge in [-0.15, -0.1) is 0 Å². The van der Waals surface area contributed by atoms with Crippen molar-refractivity contribution >= 4 is 6.29 Å². The van der Waals surface area contributed by atoms with Crippen molar-refractivity contribution in [2.24, 2.45) is 0 Å². The molecule has 0 radical (unpaired) electrons. The van der Waals surface area contributed by atoms with Crippen molar-refractivity contribution in [1.82, 2.24) is 0 Å². The van der Waals surface area contributed by atoms with Crippen LogP contribution in [0.3, 0.4) is 0 Å². The summed E-state index contributed by atoms with van der Waals surface area (Å²) in [7, 11) is 0. The van der Waals surface area contributed by atoms with Gasteiger partial charge >= 0.3 is 0 Å². The third kappa shape index (κ3) is 5.69. The molecule has 0 aliphatic carbocycles. The van der Waals surface area contributed by atoms with Crippen LogP contribution in [0, 0.1) is 0 Å². The fraction of sp³-hybridized carbons (Fsp3) is 0.278. The normalized spacial score (nSPS) is 10.1. The molecule has 3 nitrogen and oxygen atoms in total. The summed E-state index contributed by atoms with van der Waals surface area (Å²) < 4.78 is 11.2. The van der Waals surface area contributed by atoms with Gasteiger partial charge in [0.2, 0.25) is 0 Å². The molecule has 0 heterocycles. The summed E-state index contributed by atoms with van der Waals surface area (Å²) in [5.41, 5.74) is 0.667. The van der Waals surface area contributed by atoms with E-state index in [4.69, 9.17) is 9.47 Å². The van der Waals surface area contributed by atoms with Gasteiger partial charge in [0.05, 0.1) is 13.2 Å². The topological polar surface area (TPSA) is 35.5 Å². The van der Waals surface area contributed by atoms with Crippen LogP contribution in [0.4, 0.5) is 0 Å². The Bertz CT molecular complexity index is 520. The highest BCUT2D eigenvalue weighted by molar-refractivity contribution is 5.74. The van der Waals surface area contributed by atoms with Crippen molar-refractivity contribution in [1.29, 1.82) is 0 Å². The van der Waals surface area contributed by atoms with Crippen molar-refractivity contribution in [2.45, 2.75) is 19.3 Å². The van der Waals surface area contributed by atoms with E-state index in [1.807, 2.05) is 42.5 Å². The fourth-order valence-electron chi connectivity index (χ4n) is 1.92. The molecule has 0 aliphatic rings. The van der Waals surface area contributed by atoms with Gasteiger partial charge in [-0.25, -0.2) is 0 Å². The molecule has 2 rings (SSSR count). The van der Waals surface area contributed by atoms with Crippen LogP contribution < -0.4 is 9.47 Å². The highest BCUT2D eigenvalue weighted by Gasteiger charge is 1.96. The zero-order chi connectivity index (χ0) is 14.8. The summed E-state index contributed by atoms with van der Waals surface area (Å²) in [5.74, 6) is 1.73. The average Bonchev–Trinajstić information content (AvgIpc) is 2.55. The van der Waals surface area contributed by atoms with Crippen LogP contribution in [0.15, 0.2) is 54.6 Å². The lowest BCUT2D eigenvalue weighted by Crippen LogP contribution is -2.01. The van der Waals surface area contributed by atoms with E-state index in [0.717, 1.165) is 43.7 Å². The van der Waals surface area contributed by atoms with E-state index in [1.54, 1.807) is 12.1 Å². The van der Waals surface area contributed by atoms with Crippen molar-refractivity contribution in [3.8, 4) is 11.5 Å². The molecule has 0 fully saturated rings. The maximum atomic E-state index is 10.5. The molecule has 0 bridgehead atoms. The molecule has 21 heavy (non-hydrogen) atoms. The third-order valence-corrected chi connectivity index (χ3v) is 3.09. The van der Waals surface area contributed by atoms with Crippen LogP contribution in [0.25, 0.3) is 0 Å². The molecule has 110 valence electrons. The number of hydrogen-bond acceptors (Lipinski definition) is 3. The Morgan fingerprint density at radius 2 is 1.29 bits per heavy atom. The van der Waals surface area contributed by atoms with Gasteiger partial charge in [0.1, 0.15) is 17.8 Å². The lowest BCUT2D eigenvalue weighted by Gasteiger charge is -2.07. The van der Waals surface area contributed by atoms with E-state index >= 15 is 0 Å². The zero-order valence-electron chi connectivity index (χ0n) is 12.0. The van der Waals surface area contributed by atoms with Crippen molar-refractivity contribution in [2.75, 3.05) is 13.2 Å². The smallest absolute Gasteiger partial charge is 0.150 e. The third-order valence-electron chi connectivity index (χ3n) is 3.09. The average molecular weight is 284 g/mol. The maximum Gasteiger partial charge on any atom is 0.150 e. The molecule has 0 aromatic heterocycles. The summed E-state index contributed by atoms with van der Waals surface area (Å²) in [4.78, 5) is 10.5. The molecule has 0 saturated heterocycles. The van der Waals surface area contributed by atoms with E-state index in [1.165, 1.54) is 0 Å². The second kappa shape index (κ2) is 8.80. The van der Waals surface area contributed by atoms with Crippen LogP contribution in [-0.2, 0) is 0 Å². The molecule has 0 aliphatic heterocycles. The van der Waals surface area contributed by atoms with Crippen LogP contribution in [0.1, 0.15) is 29.6 Å². The maximum absolute atomic E-state index is 10.5. The lowest BCUT2D eigenvalue weighted by atomic mass is 10.2. The number of unbranched alkanes of at least 4 members (excludes halogenated alkanes) is 2. The largest absolute Gasteiger partial charge is 0.494 e. The summed E-state index contributed by atoms with van der Waals surface area (Å²) in [6.07, 6.45) is 3.91. The van der Waals surface area contributed by atoms with Crippen molar-refractivity contribution in [3.63, 3.8) is 0 Å². The summed E-state index contributed by atoms with van der Waals surface area (Å²) in [6.45, 7) is 1.42. The zero-order valence-corrected chi connectivity index (χ0v) is 12.0. The van der Waals surface area contributed by atoms with Crippen LogP contribution in [0.2, 0.25) is 0 Å². The van der Waals surface area contributed by atoms with E-state index in [0.29, 0.717) is 12.2 Å². The minimum absolute atomic E-state index is 0.667. The quantitative estimate of drug-likeness (QED) is 0.513. The molecule has 2 aromatic rings. The standard InChI is InChI=1S/C18H20O3/c19-15-16-9-11-18(12-10-16)21-14-6-2-5-13-20-17-7-3-1-4-8-17/h1,3-4,7-12,15H,2,5-6,13-14H2. The van der Waals surface area contributed by atoms with E-state index in [9.17, 15) is 4.79 Å². The minimum Gasteiger partial charge on any atom is -0.494 e. The fourth-order valence-corrected chi connectivity index (χ4v) is 1.92. The molecule has 0 amide bonds. The van der Waals surface area contributed by atoms with Gasteiger partial charge in [0, 0.05) is 5.56 Å². The van der Waals surface area contributed by atoms with Crippen LogP contribution >= 0.6 is 0 Å². The highest BCUT2D eigenvalue weighted by Crippen LogP contribution is 2.12. The number of benzene rings is 2. The predicted octanol–water partition coefficient (Wildman–Crippen LogP) is 4.13. The summed E-state index contributed by atoms with van der Waals surface area (Å²) in [5, 5.41) is 0. The Labute approximate surface area is 125 Å². The van der Waals surface area contributed by atoms with Gasteiger partial charge in [0.15, 0.2) is 0 Å². The highest BCUT2D eigenvalue weighted by atomic mass is 16.5. The minimum atomic E-state index is 0.667.